The van der Waals surface area contributed by atoms with Crippen molar-refractivity contribution in [3.05, 3.63) is 53.8 Å². The Bertz CT molecular complexity index is 1170. The molecule has 3 fully saturated rings. The van der Waals surface area contributed by atoms with Crippen LogP contribution in [-0.4, -0.2) is 25.6 Å². The predicted molar refractivity (Wildman–Crippen MR) is 156 cm³/mol. The molecule has 2 saturated carbocycles. The van der Waals surface area contributed by atoms with Crippen molar-refractivity contribution < 1.29 is 27.4 Å². The van der Waals surface area contributed by atoms with Gasteiger partial charge in [0, 0.05) is 23.5 Å². The quantitative estimate of drug-likeness (QED) is 0.261. The van der Waals surface area contributed by atoms with Crippen molar-refractivity contribution in [1.82, 2.24) is 0 Å². The average Bonchev–Trinajstić information content (AvgIpc) is 3.02. The highest BCUT2D eigenvalue weighted by molar-refractivity contribution is 5.65. The van der Waals surface area contributed by atoms with Crippen LogP contribution < -0.4 is 4.74 Å². The van der Waals surface area contributed by atoms with Gasteiger partial charge in [-0.05, 0) is 99.5 Å². The predicted octanol–water partition coefficient (Wildman–Crippen LogP) is 9.52. The molecule has 3 aliphatic rings. The Kier molecular flexibility index (Phi) is 10.5. The van der Waals surface area contributed by atoms with Crippen LogP contribution in [0.2, 0.25) is 0 Å². The summed E-state index contributed by atoms with van der Waals surface area (Å²) in [4.78, 5) is 0. The second-order valence-electron chi connectivity index (χ2n) is 12.7. The zero-order chi connectivity index (χ0) is 29.5. The highest BCUT2D eigenvalue weighted by atomic mass is 19.3. The third kappa shape index (κ3) is 7.68. The lowest BCUT2D eigenvalue weighted by Crippen LogP contribution is -2.40. The Labute approximate surface area is 248 Å². The summed E-state index contributed by atoms with van der Waals surface area (Å²) in [6, 6.07) is 12.4. The van der Waals surface area contributed by atoms with Gasteiger partial charge in [-0.25, -0.2) is 4.39 Å². The highest BCUT2D eigenvalue weighted by Crippen LogP contribution is 2.46. The Balaban J connectivity index is 1.06. The number of hydrogen-bond donors (Lipinski definition) is 0. The molecule has 0 unspecified atom stereocenters. The van der Waals surface area contributed by atoms with Gasteiger partial charge in [0.25, 0.3) is 0 Å². The monoisotopic (exact) mass is 583 g/mol. The third-order valence-corrected chi connectivity index (χ3v) is 9.84. The fraction of sp³-hybridized carbons (Fsp3) is 0.629. The first kappa shape index (κ1) is 30.9. The maximum absolute atomic E-state index is 15.2. The van der Waals surface area contributed by atoms with Crippen LogP contribution in [0.4, 0.5) is 13.2 Å². The molecule has 0 aromatic heterocycles. The summed E-state index contributed by atoms with van der Waals surface area (Å²) in [6.45, 7) is 3.84. The molecule has 2 aliphatic carbocycles. The van der Waals surface area contributed by atoms with Crippen molar-refractivity contribution in [2.75, 3.05) is 13.2 Å². The minimum atomic E-state index is -3.35. The van der Waals surface area contributed by atoms with E-state index in [4.69, 9.17) is 19.5 Å². The van der Waals surface area contributed by atoms with Crippen molar-refractivity contribution in [2.45, 2.75) is 96.4 Å². The van der Waals surface area contributed by atoms with E-state index in [1.807, 2.05) is 6.07 Å². The largest absolute Gasteiger partial charge is 0.432 e. The van der Waals surface area contributed by atoms with E-state index in [1.165, 1.54) is 37.8 Å². The van der Waals surface area contributed by atoms with Gasteiger partial charge < -0.3 is 14.2 Å². The van der Waals surface area contributed by atoms with Gasteiger partial charge >= 0.3 is 6.11 Å². The fourth-order valence-electron chi connectivity index (χ4n) is 7.25. The minimum Gasteiger partial charge on any atom is -0.432 e. The molecule has 0 radical (unpaired) electrons. The molecular weight excluding hydrogens is 539 g/mol. The van der Waals surface area contributed by atoms with E-state index in [0.717, 1.165) is 57.8 Å². The summed E-state index contributed by atoms with van der Waals surface area (Å²) < 4.78 is 62.5. The molecule has 1 heterocycles. The van der Waals surface area contributed by atoms with Crippen LogP contribution in [-0.2, 0) is 9.47 Å². The molecule has 2 aromatic carbocycles. The molecule has 0 amide bonds. The maximum atomic E-state index is 15.2. The number of ether oxygens (including phenoxy) is 3. The molecule has 0 bridgehead atoms. The van der Waals surface area contributed by atoms with E-state index in [2.05, 4.69) is 6.92 Å². The molecule has 1 saturated heterocycles. The molecule has 0 N–H and O–H groups in total. The number of unbranched alkanes of at least 4 members (excludes halogenated alkanes) is 2. The Morgan fingerprint density at radius 3 is 2.07 bits per heavy atom. The molecular formula is C35H44F3NO3. The van der Waals surface area contributed by atoms with E-state index in [-0.39, 0.29) is 17.6 Å². The second kappa shape index (κ2) is 14.3. The lowest BCUT2D eigenvalue weighted by Gasteiger charge is -2.41. The van der Waals surface area contributed by atoms with Gasteiger partial charge in [-0.2, -0.15) is 14.0 Å². The van der Waals surface area contributed by atoms with Gasteiger partial charge in [-0.3, -0.25) is 0 Å². The summed E-state index contributed by atoms with van der Waals surface area (Å²) in [5.41, 5.74) is 1.32. The van der Waals surface area contributed by atoms with E-state index < -0.39 is 17.8 Å². The van der Waals surface area contributed by atoms with Crippen molar-refractivity contribution >= 4 is 0 Å². The Morgan fingerprint density at radius 1 is 0.857 bits per heavy atom. The first-order valence-electron chi connectivity index (χ1n) is 16.0. The van der Waals surface area contributed by atoms with Gasteiger partial charge in [0.05, 0.1) is 30.8 Å². The number of nitriles is 1. The van der Waals surface area contributed by atoms with Crippen LogP contribution in [0.15, 0.2) is 42.5 Å². The molecule has 4 nitrogen and oxygen atoms in total. The zero-order valence-electron chi connectivity index (χ0n) is 24.7. The number of nitrogens with zero attached hydrogens (tertiary/aromatic N) is 1. The number of benzene rings is 2. The summed E-state index contributed by atoms with van der Waals surface area (Å²) in [6.07, 6.45) is 8.28. The van der Waals surface area contributed by atoms with Crippen LogP contribution in [0.5, 0.6) is 5.75 Å². The SMILES string of the molecule is CCCCCC1COC(C2CCC(C3CCC(C(F)(F)Oc4ccc(-c5ccc(C#N)cc5)c(F)c4)CC3)CC2)OC1. The summed E-state index contributed by atoms with van der Waals surface area (Å²) in [5.74, 6) is 0.326. The smallest absolute Gasteiger partial charge is 0.400 e. The molecule has 42 heavy (non-hydrogen) atoms. The highest BCUT2D eigenvalue weighted by Gasteiger charge is 2.45. The minimum absolute atomic E-state index is 0.0806. The number of rotatable bonds is 10. The van der Waals surface area contributed by atoms with Crippen LogP contribution >= 0.6 is 0 Å². The first-order valence-corrected chi connectivity index (χ1v) is 16.0. The van der Waals surface area contributed by atoms with E-state index >= 15 is 8.78 Å². The molecule has 0 atom stereocenters. The molecule has 0 spiro atoms. The molecule has 2 aromatic rings. The van der Waals surface area contributed by atoms with Gasteiger partial charge in [-0.15, -0.1) is 0 Å². The molecule has 1 aliphatic heterocycles. The summed E-state index contributed by atoms with van der Waals surface area (Å²) >= 11 is 0. The lowest BCUT2D eigenvalue weighted by atomic mass is 9.69. The number of halogens is 3. The van der Waals surface area contributed by atoms with Crippen molar-refractivity contribution in [3.63, 3.8) is 0 Å². The van der Waals surface area contributed by atoms with Gasteiger partial charge in [-0.1, -0.05) is 38.3 Å². The van der Waals surface area contributed by atoms with Gasteiger partial charge in [0.15, 0.2) is 6.29 Å². The third-order valence-electron chi connectivity index (χ3n) is 9.84. The Morgan fingerprint density at radius 2 is 1.48 bits per heavy atom. The van der Waals surface area contributed by atoms with Crippen LogP contribution in [0, 0.1) is 46.7 Å². The summed E-state index contributed by atoms with van der Waals surface area (Å²) in [7, 11) is 0. The number of alkyl halides is 2. The average molecular weight is 584 g/mol. The van der Waals surface area contributed by atoms with Crippen molar-refractivity contribution in [2.24, 2.45) is 29.6 Å². The maximum Gasteiger partial charge on any atom is 0.400 e. The number of hydrogen-bond acceptors (Lipinski definition) is 4. The van der Waals surface area contributed by atoms with Gasteiger partial charge in [0.1, 0.15) is 11.6 Å². The van der Waals surface area contributed by atoms with Crippen molar-refractivity contribution in [3.8, 4) is 22.9 Å². The van der Waals surface area contributed by atoms with E-state index in [1.54, 1.807) is 24.3 Å². The standard InChI is InChI=1S/C35H44F3NO3/c1-2-3-4-5-25-22-40-34(41-23-25)29-12-10-26(11-13-29)27-14-16-30(17-15-27)35(37,38)42-31-18-19-32(33(36)20-31)28-8-6-24(21-39)7-9-28/h6-9,18-20,25-27,29-30,34H,2-5,10-17,22-23H2,1H3. The molecule has 7 heteroatoms. The summed E-state index contributed by atoms with van der Waals surface area (Å²) in [5, 5.41) is 8.95. The van der Waals surface area contributed by atoms with Crippen LogP contribution in [0.1, 0.15) is 89.5 Å². The lowest BCUT2D eigenvalue weighted by molar-refractivity contribution is -0.232. The van der Waals surface area contributed by atoms with Crippen LogP contribution in [0.3, 0.4) is 0 Å². The normalized spacial score (nSPS) is 28.6. The second-order valence-corrected chi connectivity index (χ2v) is 12.7. The fourth-order valence-corrected chi connectivity index (χ4v) is 7.25. The Hall–Kier alpha value is -2.56. The molecule has 228 valence electrons. The molecule has 5 rings (SSSR count). The first-order chi connectivity index (χ1) is 20.4. The van der Waals surface area contributed by atoms with E-state index in [9.17, 15) is 4.39 Å². The zero-order valence-corrected chi connectivity index (χ0v) is 24.7. The van der Waals surface area contributed by atoms with Crippen molar-refractivity contribution in [1.29, 1.82) is 5.26 Å². The topological polar surface area (TPSA) is 51.5 Å². The van der Waals surface area contributed by atoms with E-state index in [0.29, 0.717) is 47.6 Å². The van der Waals surface area contributed by atoms with Crippen LogP contribution in [0.25, 0.3) is 11.1 Å². The van der Waals surface area contributed by atoms with Gasteiger partial charge in [0.2, 0.25) is 0 Å².